The number of amides is 1. The highest BCUT2D eigenvalue weighted by atomic mass is 16.6. The van der Waals surface area contributed by atoms with E-state index < -0.39 is 11.7 Å². The Balaban J connectivity index is 1.92. The van der Waals surface area contributed by atoms with Crippen molar-refractivity contribution in [3.8, 4) is 5.88 Å². The number of fused-ring (bicyclic) bond motifs is 1. The summed E-state index contributed by atoms with van der Waals surface area (Å²) in [6, 6.07) is 11.0. The van der Waals surface area contributed by atoms with Gasteiger partial charge in [0.25, 0.3) is 0 Å². The van der Waals surface area contributed by atoms with Gasteiger partial charge in [-0.2, -0.15) is 0 Å². The van der Waals surface area contributed by atoms with Gasteiger partial charge in [0.05, 0.1) is 12.6 Å². The summed E-state index contributed by atoms with van der Waals surface area (Å²) < 4.78 is 11.0. The average molecular weight is 449 g/mol. The molecule has 0 unspecified atom stereocenters. The fraction of sp³-hybridized carbons (Fsp3) is 0.370. The second-order valence-electron chi connectivity index (χ2n) is 9.18. The van der Waals surface area contributed by atoms with Crippen molar-refractivity contribution < 1.29 is 19.1 Å². The molecule has 1 aromatic heterocycles. The van der Waals surface area contributed by atoms with Crippen molar-refractivity contribution in [3.05, 3.63) is 70.4 Å². The second-order valence-corrected chi connectivity index (χ2v) is 9.18. The fourth-order valence-corrected chi connectivity index (χ4v) is 3.81. The van der Waals surface area contributed by atoms with Crippen LogP contribution in [0, 0.1) is 13.8 Å². The summed E-state index contributed by atoms with van der Waals surface area (Å²) in [6.45, 7) is 13.6. The summed E-state index contributed by atoms with van der Waals surface area (Å²) in [4.78, 5) is 30.1. The van der Waals surface area contributed by atoms with Crippen LogP contribution >= 0.6 is 0 Å². The Morgan fingerprint density at radius 2 is 1.79 bits per heavy atom. The van der Waals surface area contributed by atoms with Gasteiger partial charge < -0.3 is 14.8 Å². The number of rotatable bonds is 6. The minimum absolute atomic E-state index is 0.0610. The third-order valence-electron chi connectivity index (χ3n) is 5.32. The predicted molar refractivity (Wildman–Crippen MR) is 130 cm³/mol. The molecule has 0 aliphatic heterocycles. The van der Waals surface area contributed by atoms with Crippen molar-refractivity contribution in [2.45, 2.75) is 60.1 Å². The lowest BCUT2D eigenvalue weighted by atomic mass is 9.92. The van der Waals surface area contributed by atoms with Crippen LogP contribution in [0.3, 0.4) is 0 Å². The van der Waals surface area contributed by atoms with E-state index in [0.29, 0.717) is 23.6 Å². The van der Waals surface area contributed by atoms with Gasteiger partial charge in [0, 0.05) is 28.1 Å². The Labute approximate surface area is 195 Å². The summed E-state index contributed by atoms with van der Waals surface area (Å²) in [6.07, 6.45) is 1.27. The number of carbonyl (C=O) groups excluding carboxylic acids is 2. The summed E-state index contributed by atoms with van der Waals surface area (Å²) in [5, 5.41) is 4.52. The van der Waals surface area contributed by atoms with Crippen LogP contribution in [0.4, 0.5) is 4.79 Å². The third-order valence-corrected chi connectivity index (χ3v) is 5.32. The maximum Gasteiger partial charge on any atom is 0.408 e. The lowest BCUT2D eigenvalue weighted by molar-refractivity contribution is 0.0507. The van der Waals surface area contributed by atoms with Crippen molar-refractivity contribution in [2.75, 3.05) is 6.61 Å². The number of ether oxygens (including phenoxy) is 2. The van der Waals surface area contributed by atoms with E-state index in [4.69, 9.17) is 9.47 Å². The van der Waals surface area contributed by atoms with Crippen LogP contribution in [0.25, 0.3) is 10.8 Å². The van der Waals surface area contributed by atoms with Crippen LogP contribution in [0.15, 0.2) is 42.6 Å². The largest absolute Gasteiger partial charge is 0.478 e. The molecule has 1 amide bonds. The van der Waals surface area contributed by atoms with E-state index in [0.717, 1.165) is 27.5 Å². The Morgan fingerprint density at radius 1 is 1.06 bits per heavy atom. The molecule has 6 nitrogen and oxygen atoms in total. The molecule has 33 heavy (non-hydrogen) atoms. The molecular formula is C27H32N2O4. The summed E-state index contributed by atoms with van der Waals surface area (Å²) in [5.41, 5.74) is 3.32. The molecule has 6 heteroatoms. The SMILES string of the molecule is CCOc1ncc(C)c2c(C(=O)c3ccc([C@@H](C)NC(=O)OC(C)(C)C)cc3C)cccc12. The number of benzene rings is 2. The number of hydrogen-bond donors (Lipinski definition) is 1. The van der Waals surface area contributed by atoms with Gasteiger partial charge in [-0.05, 0) is 71.2 Å². The van der Waals surface area contributed by atoms with Gasteiger partial charge in [-0.15, -0.1) is 0 Å². The van der Waals surface area contributed by atoms with Crippen molar-refractivity contribution in [2.24, 2.45) is 0 Å². The molecule has 3 rings (SSSR count). The van der Waals surface area contributed by atoms with Crippen molar-refractivity contribution in [3.63, 3.8) is 0 Å². The number of aromatic nitrogens is 1. The molecule has 0 saturated carbocycles. The number of nitrogens with one attached hydrogen (secondary N) is 1. The van der Waals surface area contributed by atoms with Crippen molar-refractivity contribution >= 4 is 22.6 Å². The van der Waals surface area contributed by atoms with E-state index in [2.05, 4.69) is 10.3 Å². The molecular weight excluding hydrogens is 416 g/mol. The molecule has 0 fully saturated rings. The predicted octanol–water partition coefficient (Wildman–Crippen LogP) is 6.07. The zero-order valence-electron chi connectivity index (χ0n) is 20.4. The lowest BCUT2D eigenvalue weighted by Gasteiger charge is -2.22. The molecule has 174 valence electrons. The standard InChI is InChI=1S/C27H32N2O4/c1-8-32-25-22-11-9-10-21(23(22)17(3)15-28-25)24(30)20-13-12-19(14-16(20)2)18(4)29-26(31)33-27(5,6)7/h9-15,18H,8H2,1-7H3,(H,29,31)/t18-/m1/s1. The molecule has 1 atom stereocenters. The first-order valence-corrected chi connectivity index (χ1v) is 11.2. The molecule has 3 aromatic rings. The summed E-state index contributed by atoms with van der Waals surface area (Å²) in [5.74, 6) is 0.469. The van der Waals surface area contributed by atoms with E-state index >= 15 is 0 Å². The van der Waals surface area contributed by atoms with Crippen LogP contribution in [0.5, 0.6) is 5.88 Å². The summed E-state index contributed by atoms with van der Waals surface area (Å²) in [7, 11) is 0. The molecule has 0 saturated heterocycles. The van der Waals surface area contributed by atoms with Gasteiger partial charge >= 0.3 is 6.09 Å². The molecule has 0 spiro atoms. The van der Waals surface area contributed by atoms with E-state index in [9.17, 15) is 9.59 Å². The average Bonchev–Trinajstić information content (AvgIpc) is 2.73. The summed E-state index contributed by atoms with van der Waals surface area (Å²) >= 11 is 0. The van der Waals surface area contributed by atoms with Crippen LogP contribution in [-0.2, 0) is 4.74 Å². The number of aryl methyl sites for hydroxylation is 2. The Kier molecular flexibility index (Phi) is 7.06. The Bertz CT molecular complexity index is 1190. The number of alkyl carbamates (subject to hydrolysis) is 1. The first kappa shape index (κ1) is 24.2. The molecule has 0 bridgehead atoms. The van der Waals surface area contributed by atoms with Gasteiger partial charge in [-0.1, -0.05) is 30.3 Å². The monoisotopic (exact) mass is 448 g/mol. The van der Waals surface area contributed by atoms with Gasteiger partial charge in [-0.25, -0.2) is 9.78 Å². The lowest BCUT2D eigenvalue weighted by Crippen LogP contribution is -2.34. The quantitative estimate of drug-likeness (QED) is 0.463. The zero-order chi connectivity index (χ0) is 24.3. The number of carbonyl (C=O) groups is 2. The first-order chi connectivity index (χ1) is 15.5. The first-order valence-electron chi connectivity index (χ1n) is 11.2. The van der Waals surface area contributed by atoms with E-state index in [1.165, 1.54) is 0 Å². The normalized spacial score (nSPS) is 12.3. The highest BCUT2D eigenvalue weighted by molar-refractivity contribution is 6.18. The third kappa shape index (κ3) is 5.51. The smallest absolute Gasteiger partial charge is 0.408 e. The topological polar surface area (TPSA) is 77.5 Å². The molecule has 0 aliphatic rings. The minimum atomic E-state index is -0.565. The van der Waals surface area contributed by atoms with Crippen LogP contribution < -0.4 is 10.1 Å². The van der Waals surface area contributed by atoms with Gasteiger partial charge in [0.15, 0.2) is 5.78 Å². The Hall–Kier alpha value is -3.41. The fourth-order valence-electron chi connectivity index (χ4n) is 3.81. The number of pyridine rings is 1. The molecule has 1 heterocycles. The molecule has 2 aromatic carbocycles. The van der Waals surface area contributed by atoms with Gasteiger partial charge in [0.1, 0.15) is 5.60 Å². The maximum atomic E-state index is 13.6. The van der Waals surface area contributed by atoms with Gasteiger partial charge in [0.2, 0.25) is 5.88 Å². The number of hydrogen-bond acceptors (Lipinski definition) is 5. The Morgan fingerprint density at radius 3 is 2.42 bits per heavy atom. The number of nitrogens with zero attached hydrogens (tertiary/aromatic N) is 1. The zero-order valence-corrected chi connectivity index (χ0v) is 20.4. The minimum Gasteiger partial charge on any atom is -0.478 e. The van der Waals surface area contributed by atoms with Crippen molar-refractivity contribution in [1.82, 2.24) is 10.3 Å². The maximum absolute atomic E-state index is 13.6. The molecule has 0 aliphatic carbocycles. The second kappa shape index (κ2) is 9.61. The van der Waals surface area contributed by atoms with E-state index in [1.54, 1.807) is 6.20 Å². The van der Waals surface area contributed by atoms with E-state index in [1.807, 2.05) is 84.9 Å². The van der Waals surface area contributed by atoms with Gasteiger partial charge in [-0.3, -0.25) is 4.79 Å². The highest BCUT2D eigenvalue weighted by Crippen LogP contribution is 2.31. The molecule has 1 N–H and O–H groups in total. The van der Waals surface area contributed by atoms with Crippen LogP contribution in [-0.4, -0.2) is 29.1 Å². The molecule has 0 radical (unpaired) electrons. The van der Waals surface area contributed by atoms with E-state index in [-0.39, 0.29) is 11.8 Å². The number of ketones is 1. The van der Waals surface area contributed by atoms with Crippen LogP contribution in [0.1, 0.15) is 73.3 Å². The highest BCUT2D eigenvalue weighted by Gasteiger charge is 2.21. The van der Waals surface area contributed by atoms with Crippen LogP contribution in [0.2, 0.25) is 0 Å². The van der Waals surface area contributed by atoms with Crippen molar-refractivity contribution in [1.29, 1.82) is 0 Å².